The summed E-state index contributed by atoms with van der Waals surface area (Å²) in [7, 11) is 1.48. The first-order valence-corrected chi connectivity index (χ1v) is 9.24. The Labute approximate surface area is 167 Å². The van der Waals surface area contributed by atoms with E-state index < -0.39 is 5.91 Å². The maximum Gasteiger partial charge on any atom is 0.276 e. The Morgan fingerprint density at radius 3 is 2.69 bits per heavy atom. The zero-order chi connectivity index (χ0) is 21.1. The van der Waals surface area contributed by atoms with Crippen molar-refractivity contribution in [3.8, 4) is 5.75 Å². The smallest absolute Gasteiger partial charge is 0.276 e. The minimum Gasteiger partial charge on any atom is -0.494 e. The molecule has 1 aromatic carbocycles. The maximum atomic E-state index is 12.9. The summed E-state index contributed by atoms with van der Waals surface area (Å²) >= 11 is 0. The fourth-order valence-electron chi connectivity index (χ4n) is 3.20. The number of nitrogens with two attached hydrogens (primary N) is 1. The molecule has 10 heteroatoms. The number of primary amides is 1. The molecule has 29 heavy (non-hydrogen) atoms. The van der Waals surface area contributed by atoms with Crippen LogP contribution in [0.1, 0.15) is 39.9 Å². The van der Waals surface area contributed by atoms with E-state index in [9.17, 15) is 14.7 Å². The highest BCUT2D eigenvalue weighted by molar-refractivity contribution is 6.04. The lowest BCUT2D eigenvalue weighted by Crippen LogP contribution is -2.20. The predicted molar refractivity (Wildman–Crippen MR) is 107 cm³/mol. The molecule has 0 saturated carbocycles. The second-order valence-corrected chi connectivity index (χ2v) is 6.52. The van der Waals surface area contributed by atoms with Crippen LogP contribution in [0.4, 0.5) is 5.95 Å². The van der Waals surface area contributed by atoms with Crippen molar-refractivity contribution in [2.75, 3.05) is 19.0 Å². The average Bonchev–Trinajstić information content (AvgIpc) is 3.25. The highest BCUT2D eigenvalue weighted by Gasteiger charge is 2.21. The van der Waals surface area contributed by atoms with E-state index in [2.05, 4.69) is 15.4 Å². The summed E-state index contributed by atoms with van der Waals surface area (Å²) in [5.41, 5.74) is 7.85. The van der Waals surface area contributed by atoms with Crippen LogP contribution in [0.3, 0.4) is 0 Å². The van der Waals surface area contributed by atoms with Gasteiger partial charge in [0.25, 0.3) is 5.91 Å². The molecule has 2 heterocycles. The van der Waals surface area contributed by atoms with Crippen LogP contribution in [0.5, 0.6) is 5.75 Å². The van der Waals surface area contributed by atoms with Crippen LogP contribution in [0.2, 0.25) is 0 Å². The van der Waals surface area contributed by atoms with Gasteiger partial charge >= 0.3 is 0 Å². The van der Waals surface area contributed by atoms with Crippen LogP contribution in [-0.2, 0) is 13.1 Å². The number of carbonyl (C=O) groups is 2. The number of aliphatic hydroxyl groups is 1. The van der Waals surface area contributed by atoms with Crippen molar-refractivity contribution in [3.63, 3.8) is 0 Å². The molecule has 0 atom stereocenters. The molecule has 0 saturated heterocycles. The van der Waals surface area contributed by atoms with Gasteiger partial charge in [0.2, 0.25) is 11.9 Å². The highest BCUT2D eigenvalue weighted by atomic mass is 16.5. The first kappa shape index (κ1) is 20.3. The van der Waals surface area contributed by atoms with Gasteiger partial charge in [-0.3, -0.25) is 19.6 Å². The number of ether oxygens (including phenoxy) is 1. The Bertz CT molecular complexity index is 1070. The van der Waals surface area contributed by atoms with E-state index in [0.29, 0.717) is 42.0 Å². The van der Waals surface area contributed by atoms with Crippen LogP contribution in [0, 0.1) is 6.92 Å². The van der Waals surface area contributed by atoms with E-state index in [1.807, 2.05) is 13.8 Å². The van der Waals surface area contributed by atoms with Crippen molar-refractivity contribution in [3.05, 3.63) is 35.2 Å². The number of nitrogens with zero attached hydrogens (tertiary/aromatic N) is 4. The molecule has 154 valence electrons. The largest absolute Gasteiger partial charge is 0.494 e. The van der Waals surface area contributed by atoms with Gasteiger partial charge in [0.15, 0.2) is 0 Å². The van der Waals surface area contributed by atoms with Gasteiger partial charge in [0, 0.05) is 25.3 Å². The number of rotatable bonds is 8. The number of anilines is 1. The SMILES string of the molecule is CCn1nc(C)cc1C(=O)Nc1nc2cc(C(N)=O)cc(OC)c2n1CCCO. The molecule has 0 radical (unpaired) electrons. The molecule has 0 aliphatic heterocycles. The molecular weight excluding hydrogens is 376 g/mol. The Morgan fingerprint density at radius 1 is 1.31 bits per heavy atom. The van der Waals surface area contributed by atoms with Crippen LogP contribution in [0.15, 0.2) is 18.2 Å². The van der Waals surface area contributed by atoms with Gasteiger partial charge in [-0.2, -0.15) is 5.10 Å². The van der Waals surface area contributed by atoms with E-state index in [1.165, 1.54) is 13.2 Å². The van der Waals surface area contributed by atoms with Gasteiger partial charge in [0.1, 0.15) is 17.0 Å². The number of hydrogen-bond acceptors (Lipinski definition) is 6. The molecule has 0 aliphatic carbocycles. The highest BCUT2D eigenvalue weighted by Crippen LogP contribution is 2.31. The first-order valence-electron chi connectivity index (χ1n) is 9.24. The predicted octanol–water partition coefficient (Wildman–Crippen LogP) is 1.30. The summed E-state index contributed by atoms with van der Waals surface area (Å²) in [6.45, 7) is 4.62. The second kappa shape index (κ2) is 8.31. The summed E-state index contributed by atoms with van der Waals surface area (Å²) in [5.74, 6) is -0.290. The molecule has 0 aliphatic rings. The fraction of sp³-hybridized carbons (Fsp3) is 0.368. The van der Waals surface area contributed by atoms with Crippen molar-refractivity contribution < 1.29 is 19.4 Å². The van der Waals surface area contributed by atoms with Crippen molar-refractivity contribution in [1.29, 1.82) is 0 Å². The van der Waals surface area contributed by atoms with E-state index >= 15 is 0 Å². The van der Waals surface area contributed by atoms with Crippen LogP contribution in [0.25, 0.3) is 11.0 Å². The number of aliphatic hydroxyl groups excluding tert-OH is 1. The van der Waals surface area contributed by atoms with Gasteiger partial charge in [-0.25, -0.2) is 4.98 Å². The van der Waals surface area contributed by atoms with E-state index in [1.54, 1.807) is 21.4 Å². The quantitative estimate of drug-likeness (QED) is 0.521. The lowest BCUT2D eigenvalue weighted by Gasteiger charge is -2.12. The summed E-state index contributed by atoms with van der Waals surface area (Å²) in [5, 5.41) is 16.4. The molecule has 0 spiro atoms. The number of amides is 2. The number of imidazole rings is 1. The first-order chi connectivity index (χ1) is 13.9. The van der Waals surface area contributed by atoms with Gasteiger partial charge in [-0.05, 0) is 38.5 Å². The van der Waals surface area contributed by atoms with E-state index in [4.69, 9.17) is 10.5 Å². The molecular formula is C19H24N6O4. The average molecular weight is 400 g/mol. The normalized spacial score (nSPS) is 11.0. The summed E-state index contributed by atoms with van der Waals surface area (Å²) in [6.07, 6.45) is 0.445. The summed E-state index contributed by atoms with van der Waals surface area (Å²) in [6, 6.07) is 4.78. The minimum absolute atomic E-state index is 0.0312. The Hall–Kier alpha value is -3.40. The summed E-state index contributed by atoms with van der Waals surface area (Å²) in [4.78, 5) is 29.0. The van der Waals surface area contributed by atoms with Gasteiger partial charge in [-0.1, -0.05) is 0 Å². The lowest BCUT2D eigenvalue weighted by atomic mass is 10.1. The van der Waals surface area contributed by atoms with Crippen molar-refractivity contribution >= 4 is 28.8 Å². The molecule has 0 unspecified atom stereocenters. The number of aromatic nitrogens is 4. The van der Waals surface area contributed by atoms with Crippen LogP contribution >= 0.6 is 0 Å². The molecule has 2 aromatic heterocycles. The maximum absolute atomic E-state index is 12.9. The van der Waals surface area contributed by atoms with Crippen molar-refractivity contribution in [1.82, 2.24) is 19.3 Å². The monoisotopic (exact) mass is 400 g/mol. The lowest BCUT2D eigenvalue weighted by molar-refractivity contribution is 0.0995. The van der Waals surface area contributed by atoms with Gasteiger partial charge in [0.05, 0.1) is 18.3 Å². The molecule has 4 N–H and O–H groups in total. The number of methoxy groups -OCH3 is 1. The Balaban J connectivity index is 2.10. The zero-order valence-electron chi connectivity index (χ0n) is 16.6. The number of nitrogens with one attached hydrogen (secondary N) is 1. The Morgan fingerprint density at radius 2 is 2.07 bits per heavy atom. The number of fused-ring (bicyclic) bond motifs is 1. The third-order valence-corrected chi connectivity index (χ3v) is 4.51. The number of carbonyl (C=O) groups excluding carboxylic acids is 2. The van der Waals surface area contributed by atoms with Crippen LogP contribution in [-0.4, -0.2) is 50.0 Å². The Kier molecular flexibility index (Phi) is 5.83. The molecule has 3 rings (SSSR count). The van der Waals surface area contributed by atoms with Gasteiger partial charge < -0.3 is 20.1 Å². The van der Waals surface area contributed by atoms with Gasteiger partial charge in [-0.15, -0.1) is 0 Å². The molecule has 10 nitrogen and oxygen atoms in total. The third kappa shape index (κ3) is 3.92. The van der Waals surface area contributed by atoms with Crippen molar-refractivity contribution in [2.24, 2.45) is 5.73 Å². The second-order valence-electron chi connectivity index (χ2n) is 6.52. The third-order valence-electron chi connectivity index (χ3n) is 4.51. The van der Waals surface area contributed by atoms with E-state index in [-0.39, 0.29) is 24.0 Å². The molecule has 0 fully saturated rings. The molecule has 2 amide bonds. The standard InChI is InChI=1S/C19H24N6O4/c1-4-25-14(8-11(2)23-25)18(28)22-19-21-13-9-12(17(20)27)10-15(29-3)16(13)24(19)6-5-7-26/h8-10,26H,4-7H2,1-3H3,(H2,20,27)(H,21,22,28). The number of aryl methyl sites for hydroxylation is 3. The van der Waals surface area contributed by atoms with E-state index in [0.717, 1.165) is 5.69 Å². The topological polar surface area (TPSA) is 137 Å². The fourth-order valence-corrected chi connectivity index (χ4v) is 3.20. The summed E-state index contributed by atoms with van der Waals surface area (Å²) < 4.78 is 8.77. The van der Waals surface area contributed by atoms with Crippen LogP contribution < -0.4 is 15.8 Å². The number of hydrogen-bond donors (Lipinski definition) is 3. The minimum atomic E-state index is -0.608. The zero-order valence-corrected chi connectivity index (χ0v) is 16.6. The van der Waals surface area contributed by atoms with Crippen molar-refractivity contribution in [2.45, 2.75) is 33.4 Å². The molecule has 3 aromatic rings. The number of benzene rings is 1. The molecule has 0 bridgehead atoms.